The number of likely N-dealkylation sites (N-methyl/N-ethyl adjacent to an activating group) is 1. The summed E-state index contributed by atoms with van der Waals surface area (Å²) in [7, 11) is 3.47. The van der Waals surface area contributed by atoms with E-state index in [1.165, 1.54) is 0 Å². The fourth-order valence-corrected chi connectivity index (χ4v) is 1.73. The zero-order chi connectivity index (χ0) is 14.4. The summed E-state index contributed by atoms with van der Waals surface area (Å²) < 4.78 is 0. The predicted octanol–water partition coefficient (Wildman–Crippen LogP) is 1.57. The molecule has 0 saturated carbocycles. The Morgan fingerprint density at radius 1 is 1.42 bits per heavy atom. The number of rotatable bonds is 5. The van der Waals surface area contributed by atoms with Gasteiger partial charge in [-0.15, -0.1) is 0 Å². The molecule has 0 atom stereocenters. The van der Waals surface area contributed by atoms with E-state index in [2.05, 4.69) is 11.1 Å². The normalized spacial score (nSPS) is 9.84. The van der Waals surface area contributed by atoms with E-state index < -0.39 is 0 Å². The monoisotopic (exact) mass is 260 g/mol. The number of carbonyl (C=O) groups excluding carboxylic acids is 1. The van der Waals surface area contributed by atoms with Gasteiger partial charge in [-0.1, -0.05) is 6.92 Å². The molecule has 0 spiro atoms. The molecule has 1 amide bonds. The van der Waals surface area contributed by atoms with Crippen LogP contribution in [0, 0.1) is 18.3 Å². The van der Waals surface area contributed by atoms with Crippen LogP contribution < -0.4 is 4.90 Å². The number of nitrogens with zero attached hydrogens (tertiary/aromatic N) is 4. The van der Waals surface area contributed by atoms with Crippen LogP contribution in [0.4, 0.5) is 5.82 Å². The third kappa shape index (κ3) is 4.25. The van der Waals surface area contributed by atoms with Gasteiger partial charge in [-0.3, -0.25) is 4.79 Å². The van der Waals surface area contributed by atoms with Crippen molar-refractivity contribution in [2.75, 3.05) is 32.1 Å². The summed E-state index contributed by atoms with van der Waals surface area (Å²) in [5.74, 6) is 0.712. The van der Waals surface area contributed by atoms with Crippen LogP contribution in [0.25, 0.3) is 0 Å². The fourth-order valence-electron chi connectivity index (χ4n) is 1.73. The largest absolute Gasteiger partial charge is 0.347 e. The first-order valence-electron chi connectivity index (χ1n) is 6.31. The molecule has 0 aliphatic rings. The van der Waals surface area contributed by atoms with E-state index in [9.17, 15) is 4.79 Å². The molecule has 102 valence electrons. The van der Waals surface area contributed by atoms with Gasteiger partial charge in [-0.05, 0) is 25.5 Å². The molecule has 1 aromatic heterocycles. The Balaban J connectivity index is 3.02. The second-order valence-corrected chi connectivity index (χ2v) is 4.68. The highest BCUT2D eigenvalue weighted by atomic mass is 16.2. The quantitative estimate of drug-likeness (QED) is 0.806. The van der Waals surface area contributed by atoms with E-state index in [0.29, 0.717) is 11.4 Å². The van der Waals surface area contributed by atoms with Crippen LogP contribution >= 0.6 is 0 Å². The molecule has 5 heteroatoms. The minimum Gasteiger partial charge on any atom is -0.347 e. The maximum absolute atomic E-state index is 11.8. The fraction of sp³-hybridized carbons (Fsp3) is 0.500. The Morgan fingerprint density at radius 3 is 2.63 bits per heavy atom. The summed E-state index contributed by atoms with van der Waals surface area (Å²) in [4.78, 5) is 19.7. The molecule has 1 aromatic rings. The van der Waals surface area contributed by atoms with Gasteiger partial charge < -0.3 is 9.80 Å². The molecule has 1 rings (SSSR count). The highest BCUT2D eigenvalue weighted by molar-refractivity contribution is 5.80. The maximum atomic E-state index is 11.8. The number of pyridine rings is 1. The van der Waals surface area contributed by atoms with Crippen molar-refractivity contribution in [1.82, 2.24) is 9.88 Å². The molecular weight excluding hydrogens is 240 g/mol. The second-order valence-electron chi connectivity index (χ2n) is 4.68. The van der Waals surface area contributed by atoms with Crippen molar-refractivity contribution >= 4 is 11.7 Å². The standard InChI is InChI=1S/C14H20N4O/c1-5-6-18(10-14(19)17(3)4)13-8-12(9-15)7-11(2)16-13/h7-8H,5-6,10H2,1-4H3. The van der Waals surface area contributed by atoms with Gasteiger partial charge in [0.15, 0.2) is 0 Å². The highest BCUT2D eigenvalue weighted by Crippen LogP contribution is 2.15. The maximum Gasteiger partial charge on any atom is 0.241 e. The molecule has 19 heavy (non-hydrogen) atoms. The smallest absolute Gasteiger partial charge is 0.241 e. The van der Waals surface area contributed by atoms with Gasteiger partial charge in [0, 0.05) is 26.3 Å². The Kier molecular flexibility index (Phi) is 5.31. The average Bonchev–Trinajstić information content (AvgIpc) is 2.37. The van der Waals surface area contributed by atoms with Gasteiger partial charge in [0.05, 0.1) is 18.2 Å². The van der Waals surface area contributed by atoms with E-state index in [0.717, 1.165) is 18.7 Å². The lowest BCUT2D eigenvalue weighted by Gasteiger charge is -2.24. The molecule has 0 fully saturated rings. The summed E-state index contributed by atoms with van der Waals surface area (Å²) in [5.41, 5.74) is 1.35. The van der Waals surface area contributed by atoms with Gasteiger partial charge in [0.1, 0.15) is 5.82 Å². The van der Waals surface area contributed by atoms with Gasteiger partial charge in [-0.2, -0.15) is 5.26 Å². The number of aromatic nitrogens is 1. The number of aryl methyl sites for hydroxylation is 1. The summed E-state index contributed by atoms with van der Waals surface area (Å²) in [6, 6.07) is 5.58. The average molecular weight is 260 g/mol. The lowest BCUT2D eigenvalue weighted by Crippen LogP contribution is -2.37. The molecule has 0 unspecified atom stereocenters. The minimum absolute atomic E-state index is 0.0234. The van der Waals surface area contributed by atoms with Gasteiger partial charge in [-0.25, -0.2) is 4.98 Å². The lowest BCUT2D eigenvalue weighted by molar-refractivity contribution is -0.127. The van der Waals surface area contributed by atoms with E-state index >= 15 is 0 Å². The number of anilines is 1. The molecule has 0 saturated heterocycles. The summed E-state index contributed by atoms with van der Waals surface area (Å²) in [5, 5.41) is 9.00. The number of carbonyl (C=O) groups is 1. The molecule has 0 aliphatic carbocycles. The molecule has 5 nitrogen and oxygen atoms in total. The van der Waals surface area contributed by atoms with E-state index in [1.54, 1.807) is 31.1 Å². The zero-order valence-electron chi connectivity index (χ0n) is 12.0. The van der Waals surface area contributed by atoms with Crippen LogP contribution in [-0.4, -0.2) is 43.0 Å². The van der Waals surface area contributed by atoms with Crippen molar-refractivity contribution in [3.8, 4) is 6.07 Å². The van der Waals surface area contributed by atoms with Gasteiger partial charge in [0.25, 0.3) is 0 Å². The van der Waals surface area contributed by atoms with E-state index in [4.69, 9.17) is 5.26 Å². The third-order valence-electron chi connectivity index (χ3n) is 2.71. The van der Waals surface area contributed by atoms with Crippen LogP contribution in [-0.2, 0) is 4.79 Å². The zero-order valence-corrected chi connectivity index (χ0v) is 12.0. The summed E-state index contributed by atoms with van der Waals surface area (Å²) in [6.45, 7) is 4.92. The molecule has 0 bridgehead atoms. The number of nitriles is 1. The van der Waals surface area contributed by atoms with Crippen LogP contribution in [0.3, 0.4) is 0 Å². The Hall–Kier alpha value is -2.09. The van der Waals surface area contributed by atoms with Gasteiger partial charge in [0.2, 0.25) is 5.91 Å². The number of hydrogen-bond donors (Lipinski definition) is 0. The van der Waals surface area contributed by atoms with Crippen LogP contribution in [0.1, 0.15) is 24.6 Å². The lowest BCUT2D eigenvalue weighted by atomic mass is 10.2. The third-order valence-corrected chi connectivity index (χ3v) is 2.71. The minimum atomic E-state index is 0.0234. The van der Waals surface area contributed by atoms with Crippen LogP contribution in [0.5, 0.6) is 0 Å². The first kappa shape index (κ1) is 15.0. The first-order valence-corrected chi connectivity index (χ1v) is 6.31. The molecule has 0 radical (unpaired) electrons. The molecule has 0 aromatic carbocycles. The predicted molar refractivity (Wildman–Crippen MR) is 74.9 cm³/mol. The van der Waals surface area contributed by atoms with Crippen molar-refractivity contribution in [1.29, 1.82) is 5.26 Å². The molecule has 0 N–H and O–H groups in total. The van der Waals surface area contributed by atoms with Crippen molar-refractivity contribution in [3.63, 3.8) is 0 Å². The SMILES string of the molecule is CCCN(CC(=O)N(C)C)c1cc(C#N)cc(C)n1. The van der Waals surface area contributed by atoms with Crippen molar-refractivity contribution < 1.29 is 4.79 Å². The Bertz CT molecular complexity index is 491. The van der Waals surface area contributed by atoms with Crippen LogP contribution in [0.2, 0.25) is 0 Å². The number of hydrogen-bond acceptors (Lipinski definition) is 4. The van der Waals surface area contributed by atoms with E-state index in [1.807, 2.05) is 18.7 Å². The highest BCUT2D eigenvalue weighted by Gasteiger charge is 2.14. The molecular formula is C14H20N4O. The first-order chi connectivity index (χ1) is 8.97. The van der Waals surface area contributed by atoms with E-state index in [-0.39, 0.29) is 12.5 Å². The Labute approximate surface area is 114 Å². The topological polar surface area (TPSA) is 60.2 Å². The van der Waals surface area contributed by atoms with Gasteiger partial charge >= 0.3 is 0 Å². The second kappa shape index (κ2) is 6.74. The van der Waals surface area contributed by atoms with Crippen molar-refractivity contribution in [2.24, 2.45) is 0 Å². The number of amides is 1. The molecule has 1 heterocycles. The summed E-state index contributed by atoms with van der Waals surface area (Å²) >= 11 is 0. The van der Waals surface area contributed by atoms with Crippen molar-refractivity contribution in [2.45, 2.75) is 20.3 Å². The van der Waals surface area contributed by atoms with Crippen molar-refractivity contribution in [3.05, 3.63) is 23.4 Å². The Morgan fingerprint density at radius 2 is 2.11 bits per heavy atom. The van der Waals surface area contributed by atoms with Crippen LogP contribution in [0.15, 0.2) is 12.1 Å². The summed E-state index contributed by atoms with van der Waals surface area (Å²) in [6.07, 6.45) is 0.915. The molecule has 0 aliphatic heterocycles.